The van der Waals surface area contributed by atoms with Crippen molar-refractivity contribution in [1.82, 2.24) is 0 Å². The quantitative estimate of drug-likeness (QED) is 0.341. The van der Waals surface area contributed by atoms with Gasteiger partial charge in [0.25, 0.3) is 0 Å². The maximum atomic E-state index is 6.07. The Morgan fingerprint density at radius 3 is 1.29 bits per heavy atom. The normalized spacial score (nSPS) is 11.8. The maximum absolute atomic E-state index is 6.07. The molecule has 0 unspecified atom stereocenters. The highest BCUT2D eigenvalue weighted by Crippen LogP contribution is 2.34. The van der Waals surface area contributed by atoms with E-state index in [9.17, 15) is 0 Å². The molecule has 0 radical (unpaired) electrons. The van der Waals surface area contributed by atoms with Gasteiger partial charge in [-0.15, -0.1) is 0 Å². The Kier molecular flexibility index (Phi) is 2.01. The zero-order valence-corrected chi connectivity index (χ0v) is 11.3. The average Bonchev–Trinajstić information content (AvgIpc) is 2.87. The Morgan fingerprint density at radius 2 is 0.857 bits per heavy atom. The summed E-state index contributed by atoms with van der Waals surface area (Å²) in [6.45, 7) is 0. The summed E-state index contributed by atoms with van der Waals surface area (Å²) in [5.74, 6) is 0. The molecular weight excluding hydrogens is 256 g/mol. The van der Waals surface area contributed by atoms with Gasteiger partial charge in [0, 0.05) is 10.8 Å². The van der Waals surface area contributed by atoms with Gasteiger partial charge >= 0.3 is 0 Å². The van der Waals surface area contributed by atoms with Gasteiger partial charge in [-0.1, -0.05) is 48.5 Å². The first-order chi connectivity index (χ1) is 10.4. The molecular formula is C20H12O. The van der Waals surface area contributed by atoms with Crippen LogP contribution in [0.25, 0.3) is 43.5 Å². The first-order valence-electron chi connectivity index (χ1n) is 7.12. The molecule has 1 heterocycles. The summed E-state index contributed by atoms with van der Waals surface area (Å²) in [6.07, 6.45) is 0. The van der Waals surface area contributed by atoms with Crippen molar-refractivity contribution >= 4 is 43.5 Å². The van der Waals surface area contributed by atoms with Crippen LogP contribution in [0.2, 0.25) is 0 Å². The molecule has 21 heavy (non-hydrogen) atoms. The van der Waals surface area contributed by atoms with Crippen LogP contribution < -0.4 is 0 Å². The molecule has 0 atom stereocenters. The SMILES string of the molecule is c1ccc2cc3c(cc2c1)oc1cc2ccccc2cc13. The molecule has 5 aromatic rings. The molecule has 0 amide bonds. The minimum atomic E-state index is 0.957. The highest BCUT2D eigenvalue weighted by Gasteiger charge is 2.09. The van der Waals surface area contributed by atoms with Crippen LogP contribution in [0.15, 0.2) is 77.2 Å². The molecule has 0 N–H and O–H groups in total. The van der Waals surface area contributed by atoms with E-state index in [4.69, 9.17) is 4.42 Å². The molecule has 0 aliphatic carbocycles. The van der Waals surface area contributed by atoms with Crippen molar-refractivity contribution in [3.8, 4) is 0 Å². The van der Waals surface area contributed by atoms with Crippen LogP contribution in [0, 0.1) is 0 Å². The van der Waals surface area contributed by atoms with Gasteiger partial charge < -0.3 is 4.42 Å². The van der Waals surface area contributed by atoms with Crippen molar-refractivity contribution in [2.75, 3.05) is 0 Å². The van der Waals surface area contributed by atoms with E-state index >= 15 is 0 Å². The molecule has 0 spiro atoms. The molecule has 1 heteroatoms. The Balaban J connectivity index is 2.01. The Morgan fingerprint density at radius 1 is 0.476 bits per heavy atom. The first kappa shape index (κ1) is 10.9. The molecule has 0 saturated carbocycles. The molecule has 4 aromatic carbocycles. The van der Waals surface area contributed by atoms with E-state index in [1.165, 1.54) is 32.3 Å². The van der Waals surface area contributed by atoms with Crippen molar-refractivity contribution in [3.05, 3.63) is 72.8 Å². The second kappa shape index (κ2) is 3.86. The van der Waals surface area contributed by atoms with Crippen LogP contribution in [0.4, 0.5) is 0 Å². The lowest BCUT2D eigenvalue weighted by molar-refractivity contribution is 0.670. The topological polar surface area (TPSA) is 13.1 Å². The van der Waals surface area contributed by atoms with Crippen molar-refractivity contribution in [2.24, 2.45) is 0 Å². The first-order valence-corrected chi connectivity index (χ1v) is 7.12. The Hall–Kier alpha value is -2.80. The molecule has 0 fully saturated rings. The summed E-state index contributed by atoms with van der Waals surface area (Å²) >= 11 is 0. The van der Waals surface area contributed by atoms with Crippen LogP contribution in [-0.4, -0.2) is 0 Å². The van der Waals surface area contributed by atoms with Gasteiger partial charge in [-0.2, -0.15) is 0 Å². The minimum Gasteiger partial charge on any atom is -0.456 e. The van der Waals surface area contributed by atoms with Gasteiger partial charge in [-0.3, -0.25) is 0 Å². The number of hydrogen-bond donors (Lipinski definition) is 0. The zero-order valence-electron chi connectivity index (χ0n) is 11.3. The highest BCUT2D eigenvalue weighted by molar-refractivity contribution is 6.13. The number of benzene rings is 4. The molecule has 1 aromatic heterocycles. The number of fused-ring (bicyclic) bond motifs is 5. The smallest absolute Gasteiger partial charge is 0.136 e. The number of rotatable bonds is 0. The maximum Gasteiger partial charge on any atom is 0.136 e. The largest absolute Gasteiger partial charge is 0.456 e. The zero-order chi connectivity index (χ0) is 13.8. The minimum absolute atomic E-state index is 0.957. The summed E-state index contributed by atoms with van der Waals surface area (Å²) in [4.78, 5) is 0. The van der Waals surface area contributed by atoms with E-state index in [1.54, 1.807) is 0 Å². The molecule has 1 nitrogen and oxygen atoms in total. The van der Waals surface area contributed by atoms with Crippen LogP contribution in [-0.2, 0) is 0 Å². The molecule has 5 rings (SSSR count). The highest BCUT2D eigenvalue weighted by atomic mass is 16.3. The molecule has 0 bridgehead atoms. The standard InChI is InChI=1S/C20H12O/c1-3-7-15-11-19-17(9-13(15)5-1)18-10-14-6-2-4-8-16(14)12-20(18)21-19/h1-12H. The fraction of sp³-hybridized carbons (Fsp3) is 0. The third-order valence-electron chi connectivity index (χ3n) is 4.21. The summed E-state index contributed by atoms with van der Waals surface area (Å²) in [7, 11) is 0. The monoisotopic (exact) mass is 268 g/mol. The van der Waals surface area contributed by atoms with Gasteiger partial charge in [0.15, 0.2) is 0 Å². The molecule has 0 saturated heterocycles. The van der Waals surface area contributed by atoms with E-state index in [1.807, 2.05) is 0 Å². The number of hydrogen-bond acceptors (Lipinski definition) is 1. The fourth-order valence-electron chi connectivity index (χ4n) is 3.15. The van der Waals surface area contributed by atoms with Gasteiger partial charge in [-0.25, -0.2) is 0 Å². The van der Waals surface area contributed by atoms with Crippen molar-refractivity contribution in [1.29, 1.82) is 0 Å². The Labute approximate surface area is 121 Å². The van der Waals surface area contributed by atoms with E-state index < -0.39 is 0 Å². The van der Waals surface area contributed by atoms with E-state index in [0.29, 0.717) is 0 Å². The van der Waals surface area contributed by atoms with E-state index in [0.717, 1.165) is 11.2 Å². The van der Waals surface area contributed by atoms with Crippen molar-refractivity contribution in [2.45, 2.75) is 0 Å². The van der Waals surface area contributed by atoms with Gasteiger partial charge in [0.05, 0.1) is 0 Å². The van der Waals surface area contributed by atoms with Gasteiger partial charge in [0.1, 0.15) is 11.2 Å². The van der Waals surface area contributed by atoms with Gasteiger partial charge in [-0.05, 0) is 45.8 Å². The fourth-order valence-corrected chi connectivity index (χ4v) is 3.15. The predicted molar refractivity (Wildman–Crippen MR) is 88.7 cm³/mol. The molecule has 0 aliphatic rings. The average molecular weight is 268 g/mol. The van der Waals surface area contributed by atoms with E-state index in [-0.39, 0.29) is 0 Å². The van der Waals surface area contributed by atoms with Crippen LogP contribution in [0.5, 0.6) is 0 Å². The summed E-state index contributed by atoms with van der Waals surface area (Å²) < 4.78 is 6.07. The molecule has 0 aliphatic heterocycles. The summed E-state index contributed by atoms with van der Waals surface area (Å²) in [5.41, 5.74) is 1.91. The lowest BCUT2D eigenvalue weighted by atomic mass is 10.0. The lowest BCUT2D eigenvalue weighted by Crippen LogP contribution is -1.73. The second-order valence-corrected chi connectivity index (χ2v) is 5.49. The van der Waals surface area contributed by atoms with Crippen molar-refractivity contribution in [3.63, 3.8) is 0 Å². The second-order valence-electron chi connectivity index (χ2n) is 5.49. The lowest BCUT2D eigenvalue weighted by Gasteiger charge is -1.98. The van der Waals surface area contributed by atoms with Crippen LogP contribution in [0.3, 0.4) is 0 Å². The predicted octanol–water partition coefficient (Wildman–Crippen LogP) is 5.89. The third kappa shape index (κ3) is 1.52. The van der Waals surface area contributed by atoms with Crippen molar-refractivity contribution < 1.29 is 4.42 Å². The van der Waals surface area contributed by atoms with Crippen LogP contribution in [0.1, 0.15) is 0 Å². The summed E-state index contributed by atoms with van der Waals surface area (Å²) in [6, 6.07) is 25.5. The third-order valence-corrected chi connectivity index (χ3v) is 4.21. The summed E-state index contributed by atoms with van der Waals surface area (Å²) in [5, 5.41) is 7.31. The number of furan rings is 1. The van der Waals surface area contributed by atoms with Crippen LogP contribution >= 0.6 is 0 Å². The van der Waals surface area contributed by atoms with Gasteiger partial charge in [0.2, 0.25) is 0 Å². The molecule has 98 valence electrons. The van der Waals surface area contributed by atoms with E-state index in [2.05, 4.69) is 72.8 Å². The Bertz CT molecular complexity index is 1040.